The number of rotatable bonds is 10. The Kier molecular flexibility index (Phi) is 7.02. The van der Waals surface area contributed by atoms with Crippen LogP contribution >= 0.6 is 0 Å². The number of carbonyl (C=O) groups excluding carboxylic acids is 1. The van der Waals surface area contributed by atoms with Crippen molar-refractivity contribution in [1.29, 1.82) is 0 Å². The fraction of sp³-hybridized carbons (Fsp3) is 0.231. The SMILES string of the molecule is COc1ccc(C(=O)NCc2nc3ccccc3n2CCCCOc2ccccc2)cc1. The number of hydrogen-bond donors (Lipinski definition) is 1. The molecular weight excluding hydrogens is 402 g/mol. The van der Waals surface area contributed by atoms with Gasteiger partial charge in [0.15, 0.2) is 0 Å². The van der Waals surface area contributed by atoms with Crippen molar-refractivity contribution in [3.05, 3.63) is 90.3 Å². The molecule has 1 aromatic heterocycles. The Morgan fingerprint density at radius 3 is 2.44 bits per heavy atom. The van der Waals surface area contributed by atoms with Gasteiger partial charge in [-0.25, -0.2) is 4.98 Å². The first-order chi connectivity index (χ1) is 15.7. The molecule has 0 spiro atoms. The van der Waals surface area contributed by atoms with Crippen LogP contribution in [0.4, 0.5) is 0 Å². The number of fused-ring (bicyclic) bond motifs is 1. The molecular formula is C26H27N3O3. The maximum Gasteiger partial charge on any atom is 0.251 e. The molecule has 0 unspecified atom stereocenters. The predicted octanol–water partition coefficient (Wildman–Crippen LogP) is 4.83. The molecule has 4 aromatic rings. The van der Waals surface area contributed by atoms with Gasteiger partial charge in [-0.1, -0.05) is 30.3 Å². The first-order valence-corrected chi connectivity index (χ1v) is 10.8. The van der Waals surface area contributed by atoms with Crippen molar-refractivity contribution in [1.82, 2.24) is 14.9 Å². The Morgan fingerprint density at radius 1 is 0.906 bits per heavy atom. The van der Waals surface area contributed by atoms with Gasteiger partial charge < -0.3 is 19.4 Å². The van der Waals surface area contributed by atoms with Crippen LogP contribution in [0.5, 0.6) is 11.5 Å². The van der Waals surface area contributed by atoms with Crippen molar-refractivity contribution in [2.45, 2.75) is 25.9 Å². The van der Waals surface area contributed by atoms with Gasteiger partial charge in [0, 0.05) is 12.1 Å². The summed E-state index contributed by atoms with van der Waals surface area (Å²) in [5.74, 6) is 2.32. The summed E-state index contributed by atoms with van der Waals surface area (Å²) in [6.45, 7) is 1.84. The molecule has 1 N–H and O–H groups in total. The van der Waals surface area contributed by atoms with Crippen LogP contribution in [-0.4, -0.2) is 29.2 Å². The molecule has 0 radical (unpaired) electrons. The number of aromatic nitrogens is 2. The maximum atomic E-state index is 12.6. The summed E-state index contributed by atoms with van der Waals surface area (Å²) in [6, 6.07) is 25.0. The van der Waals surface area contributed by atoms with Gasteiger partial charge in [-0.15, -0.1) is 0 Å². The van der Waals surface area contributed by atoms with E-state index >= 15 is 0 Å². The van der Waals surface area contributed by atoms with Gasteiger partial charge in [-0.05, 0) is 61.4 Å². The molecule has 32 heavy (non-hydrogen) atoms. The van der Waals surface area contributed by atoms with E-state index in [1.54, 1.807) is 31.4 Å². The molecule has 164 valence electrons. The second kappa shape index (κ2) is 10.5. The molecule has 0 aliphatic heterocycles. The van der Waals surface area contributed by atoms with E-state index in [4.69, 9.17) is 14.5 Å². The largest absolute Gasteiger partial charge is 0.497 e. The number of benzene rings is 3. The number of unbranched alkanes of at least 4 members (excludes halogenated alkanes) is 1. The van der Waals surface area contributed by atoms with Crippen LogP contribution < -0.4 is 14.8 Å². The van der Waals surface area contributed by atoms with Crippen LogP contribution in [0.15, 0.2) is 78.9 Å². The summed E-state index contributed by atoms with van der Waals surface area (Å²) in [5, 5.41) is 2.99. The average Bonchev–Trinajstić information content (AvgIpc) is 3.20. The van der Waals surface area contributed by atoms with Crippen LogP contribution in [0.3, 0.4) is 0 Å². The molecule has 6 heteroatoms. The lowest BCUT2D eigenvalue weighted by Gasteiger charge is -2.11. The van der Waals surface area contributed by atoms with E-state index in [0.29, 0.717) is 18.7 Å². The Bertz CT molecular complexity index is 1150. The van der Waals surface area contributed by atoms with Crippen molar-refractivity contribution < 1.29 is 14.3 Å². The molecule has 1 heterocycles. The molecule has 3 aromatic carbocycles. The third-order valence-electron chi connectivity index (χ3n) is 5.28. The monoisotopic (exact) mass is 429 g/mol. The third-order valence-corrected chi connectivity index (χ3v) is 5.28. The smallest absolute Gasteiger partial charge is 0.251 e. The second-order valence-corrected chi connectivity index (χ2v) is 7.45. The lowest BCUT2D eigenvalue weighted by molar-refractivity contribution is 0.0949. The standard InChI is InChI=1S/C26H27N3O3/c1-31-21-15-13-20(14-16-21)26(30)27-19-25-28-23-11-5-6-12-24(23)29(25)17-7-8-18-32-22-9-3-2-4-10-22/h2-6,9-16H,7-8,17-19H2,1H3,(H,27,30). The van der Waals surface area contributed by atoms with E-state index in [0.717, 1.165) is 47.7 Å². The van der Waals surface area contributed by atoms with Crippen molar-refractivity contribution in [3.63, 3.8) is 0 Å². The summed E-state index contributed by atoms with van der Waals surface area (Å²) in [6.07, 6.45) is 1.88. The van der Waals surface area contributed by atoms with Gasteiger partial charge in [0.25, 0.3) is 5.91 Å². The number of methoxy groups -OCH3 is 1. The zero-order chi connectivity index (χ0) is 22.2. The fourth-order valence-corrected chi connectivity index (χ4v) is 3.59. The van der Waals surface area contributed by atoms with Gasteiger partial charge in [0.05, 0.1) is 31.3 Å². The molecule has 0 bridgehead atoms. The number of amides is 1. The van der Waals surface area contributed by atoms with Crippen molar-refractivity contribution >= 4 is 16.9 Å². The summed E-state index contributed by atoms with van der Waals surface area (Å²) < 4.78 is 13.1. The highest BCUT2D eigenvalue weighted by atomic mass is 16.5. The molecule has 0 aliphatic rings. The quantitative estimate of drug-likeness (QED) is 0.367. The van der Waals surface area contributed by atoms with Crippen molar-refractivity contribution in [2.75, 3.05) is 13.7 Å². The molecule has 0 saturated carbocycles. The number of ether oxygens (including phenoxy) is 2. The van der Waals surface area contributed by atoms with E-state index in [-0.39, 0.29) is 5.91 Å². The summed E-state index contributed by atoms with van der Waals surface area (Å²) in [7, 11) is 1.60. The number of hydrogen-bond acceptors (Lipinski definition) is 4. The number of aryl methyl sites for hydroxylation is 1. The molecule has 0 atom stereocenters. The van der Waals surface area contributed by atoms with Gasteiger partial charge in [-0.2, -0.15) is 0 Å². The topological polar surface area (TPSA) is 65.4 Å². The van der Waals surface area contributed by atoms with Crippen LogP contribution in [0.2, 0.25) is 0 Å². The number of para-hydroxylation sites is 3. The van der Waals surface area contributed by atoms with E-state index in [2.05, 4.69) is 16.0 Å². The highest BCUT2D eigenvalue weighted by Gasteiger charge is 2.12. The van der Waals surface area contributed by atoms with Gasteiger partial charge in [0.2, 0.25) is 0 Å². The van der Waals surface area contributed by atoms with E-state index in [1.165, 1.54) is 0 Å². The Hall–Kier alpha value is -3.80. The summed E-state index contributed by atoms with van der Waals surface area (Å²) in [4.78, 5) is 17.3. The first-order valence-electron chi connectivity index (χ1n) is 10.8. The zero-order valence-corrected chi connectivity index (χ0v) is 18.2. The van der Waals surface area contributed by atoms with Crippen LogP contribution in [0, 0.1) is 0 Å². The van der Waals surface area contributed by atoms with E-state index in [1.807, 2.05) is 48.5 Å². The molecule has 4 rings (SSSR count). The molecule has 0 saturated heterocycles. The van der Waals surface area contributed by atoms with Crippen LogP contribution in [0.25, 0.3) is 11.0 Å². The number of nitrogens with one attached hydrogen (secondary N) is 1. The fourth-order valence-electron chi connectivity index (χ4n) is 3.59. The first kappa shape index (κ1) is 21.4. The predicted molar refractivity (Wildman–Crippen MR) is 125 cm³/mol. The third kappa shape index (κ3) is 5.27. The minimum atomic E-state index is -0.137. The van der Waals surface area contributed by atoms with Gasteiger partial charge in [-0.3, -0.25) is 4.79 Å². The highest BCUT2D eigenvalue weighted by Crippen LogP contribution is 2.18. The minimum Gasteiger partial charge on any atom is -0.497 e. The lowest BCUT2D eigenvalue weighted by Crippen LogP contribution is -2.24. The summed E-state index contributed by atoms with van der Waals surface area (Å²) >= 11 is 0. The maximum absolute atomic E-state index is 12.6. The normalized spacial score (nSPS) is 10.8. The Balaban J connectivity index is 1.37. The summed E-state index contributed by atoms with van der Waals surface area (Å²) in [5.41, 5.74) is 2.60. The van der Waals surface area contributed by atoms with E-state index < -0.39 is 0 Å². The van der Waals surface area contributed by atoms with Crippen molar-refractivity contribution in [2.24, 2.45) is 0 Å². The molecule has 0 fully saturated rings. The van der Waals surface area contributed by atoms with Gasteiger partial charge in [0.1, 0.15) is 17.3 Å². The Labute approximate surface area is 187 Å². The lowest BCUT2D eigenvalue weighted by atomic mass is 10.2. The molecule has 1 amide bonds. The number of nitrogens with zero attached hydrogens (tertiary/aromatic N) is 2. The minimum absolute atomic E-state index is 0.137. The second-order valence-electron chi connectivity index (χ2n) is 7.45. The van der Waals surface area contributed by atoms with Crippen LogP contribution in [0.1, 0.15) is 29.0 Å². The number of carbonyl (C=O) groups is 1. The van der Waals surface area contributed by atoms with Gasteiger partial charge >= 0.3 is 0 Å². The average molecular weight is 430 g/mol. The Morgan fingerprint density at radius 2 is 1.66 bits per heavy atom. The highest BCUT2D eigenvalue weighted by molar-refractivity contribution is 5.94. The van der Waals surface area contributed by atoms with Crippen LogP contribution in [-0.2, 0) is 13.1 Å². The number of imidazole rings is 1. The molecule has 6 nitrogen and oxygen atoms in total. The molecule has 0 aliphatic carbocycles. The van der Waals surface area contributed by atoms with Crippen molar-refractivity contribution in [3.8, 4) is 11.5 Å². The zero-order valence-electron chi connectivity index (χ0n) is 18.2. The van der Waals surface area contributed by atoms with E-state index in [9.17, 15) is 4.79 Å².